The molecule has 1 rings (SSSR count). The van der Waals surface area contributed by atoms with E-state index in [1.54, 1.807) is 11.9 Å². The molecule has 0 radical (unpaired) electrons. The lowest BCUT2D eigenvalue weighted by atomic mass is 10.1. The van der Waals surface area contributed by atoms with Gasteiger partial charge in [0.1, 0.15) is 0 Å². The van der Waals surface area contributed by atoms with Gasteiger partial charge in [-0.05, 0) is 38.3 Å². The number of nitrogens with zero attached hydrogens (tertiary/aromatic N) is 1. The number of hydrogen-bond acceptors (Lipinski definition) is 2. The zero-order valence-electron chi connectivity index (χ0n) is 6.72. The van der Waals surface area contributed by atoms with Crippen molar-refractivity contribution in [2.24, 2.45) is 4.40 Å². The Morgan fingerprint density at radius 2 is 2.30 bits per heavy atom. The van der Waals surface area contributed by atoms with Crippen molar-refractivity contribution in [1.82, 2.24) is 0 Å². The van der Waals surface area contributed by atoms with Crippen LogP contribution in [0.1, 0.15) is 27.2 Å². The van der Waals surface area contributed by atoms with Crippen LogP contribution in [-0.2, 0) is 0 Å². The molecule has 1 aliphatic rings. The molecule has 0 bridgehead atoms. The van der Waals surface area contributed by atoms with Crippen molar-refractivity contribution in [3.8, 4) is 0 Å². The largest absolute Gasteiger partial charge is 0.220 e. The summed E-state index contributed by atoms with van der Waals surface area (Å²) in [6.45, 7) is 6.47. The van der Waals surface area contributed by atoms with Gasteiger partial charge in [-0.25, -0.2) is 4.40 Å². The van der Waals surface area contributed by atoms with Crippen LogP contribution in [0.5, 0.6) is 0 Å². The maximum absolute atomic E-state index is 4.35. The normalized spacial score (nSPS) is 22.5. The third kappa shape index (κ3) is 1.87. The third-order valence-electron chi connectivity index (χ3n) is 1.44. The Balaban J connectivity index is 2.63. The Morgan fingerprint density at radius 3 is 2.70 bits per heavy atom. The third-order valence-corrected chi connectivity index (χ3v) is 2.37. The average molecular weight is 155 g/mol. The van der Waals surface area contributed by atoms with Gasteiger partial charge < -0.3 is 0 Å². The molecule has 2 heteroatoms. The van der Waals surface area contributed by atoms with Crippen LogP contribution in [0.4, 0.5) is 0 Å². The van der Waals surface area contributed by atoms with Crippen molar-refractivity contribution in [3.05, 3.63) is 12.2 Å². The van der Waals surface area contributed by atoms with Gasteiger partial charge >= 0.3 is 0 Å². The maximum atomic E-state index is 4.35. The number of allylic oxidation sites excluding steroid dienone is 1. The second kappa shape index (κ2) is 2.79. The molecule has 1 aliphatic heterocycles. The smallest absolute Gasteiger partial charge is 0.0505 e. The molecule has 0 aromatic rings. The fourth-order valence-corrected chi connectivity index (χ4v) is 1.39. The first kappa shape index (κ1) is 7.86. The van der Waals surface area contributed by atoms with E-state index < -0.39 is 0 Å². The minimum Gasteiger partial charge on any atom is -0.220 e. The zero-order valence-corrected chi connectivity index (χ0v) is 7.53. The van der Waals surface area contributed by atoms with E-state index in [1.165, 1.54) is 5.71 Å². The lowest BCUT2D eigenvalue weighted by Crippen LogP contribution is -2.13. The predicted molar refractivity (Wildman–Crippen MR) is 48.5 cm³/mol. The highest BCUT2D eigenvalue weighted by atomic mass is 32.2. The van der Waals surface area contributed by atoms with Gasteiger partial charge in [0.2, 0.25) is 0 Å². The Labute approximate surface area is 66.8 Å². The van der Waals surface area contributed by atoms with Gasteiger partial charge in [-0.2, -0.15) is 0 Å². The van der Waals surface area contributed by atoms with E-state index in [-0.39, 0.29) is 4.75 Å². The summed E-state index contributed by atoms with van der Waals surface area (Å²) in [6, 6.07) is 0. The van der Waals surface area contributed by atoms with Crippen LogP contribution >= 0.6 is 11.9 Å². The Bertz CT molecular complexity index is 180. The molecule has 0 N–H and O–H groups in total. The summed E-state index contributed by atoms with van der Waals surface area (Å²) < 4.78 is 4.55. The summed E-state index contributed by atoms with van der Waals surface area (Å²) in [4.78, 5) is 0. The quantitative estimate of drug-likeness (QED) is 0.530. The predicted octanol–water partition coefficient (Wildman–Crippen LogP) is 2.83. The van der Waals surface area contributed by atoms with E-state index in [2.05, 4.69) is 37.3 Å². The van der Waals surface area contributed by atoms with Crippen LogP contribution in [0.15, 0.2) is 16.5 Å². The van der Waals surface area contributed by atoms with Crippen LogP contribution in [0, 0.1) is 0 Å². The SMILES string of the molecule is CCC1=NSC(C)(C)C=C1. The summed E-state index contributed by atoms with van der Waals surface area (Å²) in [5.74, 6) is 0. The van der Waals surface area contributed by atoms with Crippen LogP contribution < -0.4 is 0 Å². The summed E-state index contributed by atoms with van der Waals surface area (Å²) in [7, 11) is 0. The molecule has 56 valence electrons. The van der Waals surface area contributed by atoms with Crippen molar-refractivity contribution in [2.45, 2.75) is 31.9 Å². The van der Waals surface area contributed by atoms with Crippen molar-refractivity contribution in [1.29, 1.82) is 0 Å². The van der Waals surface area contributed by atoms with E-state index >= 15 is 0 Å². The van der Waals surface area contributed by atoms with Crippen molar-refractivity contribution < 1.29 is 0 Å². The van der Waals surface area contributed by atoms with E-state index in [4.69, 9.17) is 0 Å². The molecule has 0 fully saturated rings. The van der Waals surface area contributed by atoms with Gasteiger partial charge in [0.15, 0.2) is 0 Å². The van der Waals surface area contributed by atoms with Crippen LogP contribution in [-0.4, -0.2) is 10.5 Å². The monoisotopic (exact) mass is 155 g/mol. The first-order valence-electron chi connectivity index (χ1n) is 3.58. The molecule has 0 atom stereocenters. The van der Waals surface area contributed by atoms with Gasteiger partial charge in [0.25, 0.3) is 0 Å². The molecule has 0 aliphatic carbocycles. The van der Waals surface area contributed by atoms with Crippen molar-refractivity contribution >= 4 is 17.7 Å². The first-order valence-corrected chi connectivity index (χ1v) is 4.36. The molecule has 0 aromatic carbocycles. The zero-order chi connectivity index (χ0) is 7.61. The highest BCUT2D eigenvalue weighted by Gasteiger charge is 2.17. The lowest BCUT2D eigenvalue weighted by Gasteiger charge is -2.19. The molecule has 0 saturated carbocycles. The minimum absolute atomic E-state index is 0.207. The van der Waals surface area contributed by atoms with Gasteiger partial charge in [0, 0.05) is 5.71 Å². The summed E-state index contributed by atoms with van der Waals surface area (Å²) in [5, 5.41) is 0. The molecule has 0 aromatic heterocycles. The molecular weight excluding hydrogens is 142 g/mol. The van der Waals surface area contributed by atoms with Crippen molar-refractivity contribution in [2.75, 3.05) is 0 Å². The van der Waals surface area contributed by atoms with E-state index in [0.29, 0.717) is 0 Å². The minimum atomic E-state index is 0.207. The van der Waals surface area contributed by atoms with Crippen LogP contribution in [0.3, 0.4) is 0 Å². The highest BCUT2D eigenvalue weighted by Crippen LogP contribution is 2.30. The molecule has 1 nitrogen and oxygen atoms in total. The second-order valence-electron chi connectivity index (χ2n) is 2.96. The summed E-state index contributed by atoms with van der Waals surface area (Å²) in [6.07, 6.45) is 5.37. The molecule has 10 heavy (non-hydrogen) atoms. The van der Waals surface area contributed by atoms with E-state index in [9.17, 15) is 0 Å². The highest BCUT2D eigenvalue weighted by molar-refractivity contribution is 7.99. The van der Waals surface area contributed by atoms with E-state index in [1.807, 2.05) is 0 Å². The van der Waals surface area contributed by atoms with Gasteiger partial charge in [-0.1, -0.05) is 13.0 Å². The van der Waals surface area contributed by atoms with E-state index in [0.717, 1.165) is 6.42 Å². The molecule has 0 amide bonds. The van der Waals surface area contributed by atoms with Crippen LogP contribution in [0.2, 0.25) is 0 Å². The number of hydrogen-bond donors (Lipinski definition) is 0. The number of rotatable bonds is 1. The topological polar surface area (TPSA) is 12.4 Å². The molecule has 0 spiro atoms. The molecule has 0 saturated heterocycles. The summed E-state index contributed by atoms with van der Waals surface area (Å²) >= 11 is 1.65. The maximum Gasteiger partial charge on any atom is 0.0505 e. The standard InChI is InChI=1S/C8H13NS/c1-4-7-5-6-8(2,3)10-9-7/h5-6H,4H2,1-3H3. The Hall–Kier alpha value is -0.240. The Morgan fingerprint density at radius 1 is 1.60 bits per heavy atom. The Kier molecular flexibility index (Phi) is 2.19. The summed E-state index contributed by atoms with van der Waals surface area (Å²) in [5.41, 5.74) is 1.20. The molecular formula is C8H13NS. The second-order valence-corrected chi connectivity index (χ2v) is 4.38. The lowest BCUT2D eigenvalue weighted by molar-refractivity contribution is 0.896. The average Bonchev–Trinajstić information content (AvgIpc) is 1.88. The van der Waals surface area contributed by atoms with Crippen LogP contribution in [0.25, 0.3) is 0 Å². The molecule has 1 heterocycles. The fraction of sp³-hybridized carbons (Fsp3) is 0.625. The van der Waals surface area contributed by atoms with Crippen molar-refractivity contribution in [3.63, 3.8) is 0 Å². The van der Waals surface area contributed by atoms with Gasteiger partial charge in [-0.15, -0.1) is 0 Å². The molecule has 0 unspecified atom stereocenters. The van der Waals surface area contributed by atoms with Gasteiger partial charge in [-0.3, -0.25) is 0 Å². The first-order chi connectivity index (χ1) is 4.64. The fourth-order valence-electron chi connectivity index (χ4n) is 0.716. The van der Waals surface area contributed by atoms with Gasteiger partial charge in [0.05, 0.1) is 4.75 Å².